The number of carbonyl (C=O) groups excluding carboxylic acids is 1. The van der Waals surface area contributed by atoms with Crippen molar-refractivity contribution in [2.75, 3.05) is 13.7 Å². The first-order valence-electron chi connectivity index (χ1n) is 11.0. The fourth-order valence-corrected chi connectivity index (χ4v) is 3.93. The van der Waals surface area contributed by atoms with Gasteiger partial charge in [-0.15, -0.1) is 0 Å². The van der Waals surface area contributed by atoms with Gasteiger partial charge in [0.2, 0.25) is 0 Å². The number of methoxy groups -OCH3 is 1. The van der Waals surface area contributed by atoms with Gasteiger partial charge in [0.25, 0.3) is 11.5 Å². The third-order valence-electron chi connectivity index (χ3n) is 5.78. The number of aromatic nitrogens is 3. The Hall–Kier alpha value is -4.12. The highest BCUT2D eigenvalue weighted by Gasteiger charge is 2.32. The Labute approximate surface area is 203 Å². The standard InChI is InChI=1S/C25H23F3N4O4/c1-14-11-16(5-8-18(14)25(26,27)28)21-13-32-22(24(35)30-21)12-20(31-32)23(34)29-19(9-10-33)15-3-6-17(36-2)7-4-15/h3-8,11-13,19,33H,9-10H2,1-2H3,(H,29,34)(H,30,35). The Balaban J connectivity index is 1.62. The van der Waals surface area contributed by atoms with Gasteiger partial charge in [0.1, 0.15) is 11.3 Å². The summed E-state index contributed by atoms with van der Waals surface area (Å²) in [4.78, 5) is 28.2. The van der Waals surface area contributed by atoms with Crippen molar-refractivity contribution in [2.24, 2.45) is 0 Å². The first kappa shape index (κ1) is 25.0. The molecule has 11 heteroatoms. The fraction of sp³-hybridized carbons (Fsp3) is 0.240. The predicted octanol–water partition coefficient (Wildman–Crippen LogP) is 3.88. The van der Waals surface area contributed by atoms with Crippen LogP contribution in [-0.4, -0.2) is 39.3 Å². The topological polar surface area (TPSA) is 109 Å². The molecule has 1 amide bonds. The molecule has 2 heterocycles. The average Bonchev–Trinajstić information content (AvgIpc) is 3.28. The van der Waals surface area contributed by atoms with E-state index in [1.54, 1.807) is 24.3 Å². The lowest BCUT2D eigenvalue weighted by Crippen LogP contribution is -2.29. The molecule has 3 N–H and O–H groups in total. The van der Waals surface area contributed by atoms with Gasteiger partial charge in [-0.1, -0.05) is 18.2 Å². The summed E-state index contributed by atoms with van der Waals surface area (Å²) >= 11 is 0. The number of amides is 1. The van der Waals surface area contributed by atoms with Gasteiger partial charge < -0.3 is 20.1 Å². The SMILES string of the molecule is COc1ccc(C(CCO)NC(=O)c2cc3c(=O)[nH]c(-c4ccc(C(F)(F)F)c(C)c4)cn3n2)cc1. The number of benzene rings is 2. The molecule has 0 saturated carbocycles. The van der Waals surface area contributed by atoms with Gasteiger partial charge in [0.05, 0.1) is 30.6 Å². The zero-order chi connectivity index (χ0) is 26.0. The van der Waals surface area contributed by atoms with Crippen LogP contribution >= 0.6 is 0 Å². The lowest BCUT2D eigenvalue weighted by molar-refractivity contribution is -0.138. The second kappa shape index (κ2) is 9.86. The molecular formula is C25H23F3N4O4. The second-order valence-corrected chi connectivity index (χ2v) is 8.20. The molecule has 8 nitrogen and oxygen atoms in total. The molecule has 1 unspecified atom stereocenters. The van der Waals surface area contributed by atoms with E-state index in [-0.39, 0.29) is 35.5 Å². The molecule has 0 aliphatic heterocycles. The van der Waals surface area contributed by atoms with E-state index in [1.807, 2.05) is 0 Å². The third-order valence-corrected chi connectivity index (χ3v) is 5.78. The van der Waals surface area contributed by atoms with Crippen LogP contribution in [0.2, 0.25) is 0 Å². The van der Waals surface area contributed by atoms with E-state index in [0.29, 0.717) is 11.3 Å². The molecule has 0 saturated heterocycles. The summed E-state index contributed by atoms with van der Waals surface area (Å²) in [5.74, 6) is 0.0886. The first-order valence-corrected chi connectivity index (χ1v) is 11.0. The maximum Gasteiger partial charge on any atom is 0.416 e. The quantitative estimate of drug-likeness (QED) is 0.357. The number of rotatable bonds is 7. The summed E-state index contributed by atoms with van der Waals surface area (Å²) in [6, 6.07) is 11.4. The minimum Gasteiger partial charge on any atom is -0.497 e. The number of nitrogens with one attached hydrogen (secondary N) is 2. The van der Waals surface area contributed by atoms with Crippen LogP contribution in [0.4, 0.5) is 13.2 Å². The zero-order valence-electron chi connectivity index (χ0n) is 19.4. The summed E-state index contributed by atoms with van der Waals surface area (Å²) < 4.78 is 45.6. The molecule has 2 aromatic heterocycles. The van der Waals surface area contributed by atoms with Crippen molar-refractivity contribution >= 4 is 11.4 Å². The first-order chi connectivity index (χ1) is 17.1. The number of H-pyrrole nitrogens is 1. The number of fused-ring (bicyclic) bond motifs is 1. The molecule has 0 spiro atoms. The van der Waals surface area contributed by atoms with E-state index in [4.69, 9.17) is 4.74 Å². The summed E-state index contributed by atoms with van der Waals surface area (Å²) in [6.07, 6.45) is -2.79. The number of alkyl halides is 3. The molecule has 4 rings (SSSR count). The second-order valence-electron chi connectivity index (χ2n) is 8.20. The van der Waals surface area contributed by atoms with Crippen LogP contribution in [0.3, 0.4) is 0 Å². The van der Waals surface area contributed by atoms with Crippen molar-refractivity contribution in [1.82, 2.24) is 19.9 Å². The van der Waals surface area contributed by atoms with E-state index >= 15 is 0 Å². The number of aryl methyl sites for hydroxylation is 1. The normalized spacial score (nSPS) is 12.5. The van der Waals surface area contributed by atoms with E-state index in [1.165, 1.54) is 42.9 Å². The van der Waals surface area contributed by atoms with Crippen LogP contribution in [0.25, 0.3) is 16.8 Å². The average molecular weight is 500 g/mol. The van der Waals surface area contributed by atoms with Gasteiger partial charge in [0, 0.05) is 12.7 Å². The van der Waals surface area contributed by atoms with Crippen molar-refractivity contribution in [3.8, 4) is 17.0 Å². The molecule has 2 aromatic carbocycles. The molecule has 0 aliphatic carbocycles. The molecule has 0 radical (unpaired) electrons. The van der Waals surface area contributed by atoms with Gasteiger partial charge >= 0.3 is 6.18 Å². The maximum absolute atomic E-state index is 13.1. The number of halogens is 3. The van der Waals surface area contributed by atoms with Gasteiger partial charge in [-0.3, -0.25) is 9.59 Å². The monoisotopic (exact) mass is 500 g/mol. The van der Waals surface area contributed by atoms with Crippen molar-refractivity contribution < 1.29 is 27.8 Å². The molecular weight excluding hydrogens is 477 g/mol. The molecule has 0 fully saturated rings. The van der Waals surface area contributed by atoms with Gasteiger partial charge in [-0.25, -0.2) is 4.52 Å². The Morgan fingerprint density at radius 3 is 2.53 bits per heavy atom. The van der Waals surface area contributed by atoms with Crippen molar-refractivity contribution in [2.45, 2.75) is 25.6 Å². The number of aromatic amines is 1. The minimum atomic E-state index is -4.48. The molecule has 188 valence electrons. The predicted molar refractivity (Wildman–Crippen MR) is 126 cm³/mol. The van der Waals surface area contributed by atoms with Crippen molar-refractivity contribution in [3.05, 3.63) is 87.5 Å². The fourth-order valence-electron chi connectivity index (χ4n) is 3.93. The van der Waals surface area contributed by atoms with Crippen LogP contribution in [0.15, 0.2) is 59.5 Å². The molecule has 1 atom stereocenters. The van der Waals surface area contributed by atoms with E-state index in [9.17, 15) is 27.9 Å². The van der Waals surface area contributed by atoms with E-state index < -0.39 is 29.2 Å². The summed E-state index contributed by atoms with van der Waals surface area (Å²) in [7, 11) is 1.54. The van der Waals surface area contributed by atoms with Crippen LogP contribution in [0.5, 0.6) is 5.75 Å². The Morgan fingerprint density at radius 1 is 1.19 bits per heavy atom. The molecule has 4 aromatic rings. The number of hydrogen-bond donors (Lipinski definition) is 3. The number of hydrogen-bond acceptors (Lipinski definition) is 5. The lowest BCUT2D eigenvalue weighted by Gasteiger charge is -2.18. The zero-order valence-corrected chi connectivity index (χ0v) is 19.4. The highest BCUT2D eigenvalue weighted by Crippen LogP contribution is 2.33. The van der Waals surface area contributed by atoms with Crippen molar-refractivity contribution in [3.63, 3.8) is 0 Å². The van der Waals surface area contributed by atoms with Crippen LogP contribution in [0, 0.1) is 6.92 Å². The summed E-state index contributed by atoms with van der Waals surface area (Å²) in [5, 5.41) is 16.5. The molecule has 36 heavy (non-hydrogen) atoms. The lowest BCUT2D eigenvalue weighted by atomic mass is 10.0. The Kier molecular flexibility index (Phi) is 6.84. The smallest absolute Gasteiger partial charge is 0.416 e. The number of ether oxygens (including phenoxy) is 1. The Morgan fingerprint density at radius 2 is 1.92 bits per heavy atom. The van der Waals surface area contributed by atoms with Crippen LogP contribution < -0.4 is 15.6 Å². The summed E-state index contributed by atoms with van der Waals surface area (Å²) in [6.45, 7) is 1.17. The van der Waals surface area contributed by atoms with E-state index in [2.05, 4.69) is 15.4 Å². The highest BCUT2D eigenvalue weighted by atomic mass is 19.4. The number of carbonyl (C=O) groups is 1. The maximum atomic E-state index is 13.1. The highest BCUT2D eigenvalue weighted by molar-refractivity contribution is 5.93. The number of nitrogens with zero attached hydrogens (tertiary/aromatic N) is 2. The molecule has 0 bridgehead atoms. The third kappa shape index (κ3) is 5.10. The van der Waals surface area contributed by atoms with E-state index in [0.717, 1.165) is 11.6 Å². The van der Waals surface area contributed by atoms with Crippen LogP contribution in [0.1, 0.15) is 39.6 Å². The summed E-state index contributed by atoms with van der Waals surface area (Å²) in [5.41, 5.74) is 0.114. The number of aliphatic hydroxyl groups is 1. The van der Waals surface area contributed by atoms with Gasteiger partial charge in [-0.05, 0) is 54.3 Å². The largest absolute Gasteiger partial charge is 0.497 e. The number of aliphatic hydroxyl groups excluding tert-OH is 1. The minimum absolute atomic E-state index is 0.00920. The Bertz CT molecular complexity index is 1460. The van der Waals surface area contributed by atoms with Crippen molar-refractivity contribution in [1.29, 1.82) is 0 Å². The van der Waals surface area contributed by atoms with Gasteiger partial charge in [0.15, 0.2) is 5.69 Å². The van der Waals surface area contributed by atoms with Gasteiger partial charge in [-0.2, -0.15) is 18.3 Å². The van der Waals surface area contributed by atoms with Crippen LogP contribution in [-0.2, 0) is 6.18 Å². The molecule has 0 aliphatic rings.